The minimum absolute atomic E-state index is 0.0394. The minimum Gasteiger partial charge on any atom is -0.466 e. The molecule has 0 heterocycles. The zero-order chi connectivity index (χ0) is 15.1. The predicted octanol–water partition coefficient (Wildman–Crippen LogP) is 0.963. The minimum atomic E-state index is -0.686. The van der Waals surface area contributed by atoms with Crippen molar-refractivity contribution in [1.29, 1.82) is 0 Å². The molecule has 106 valence electrons. The molecule has 1 rings (SSSR count). The first-order chi connectivity index (χ1) is 9.47. The highest BCUT2D eigenvalue weighted by molar-refractivity contribution is 7.80. The molecular formula is C13H14N2O4S. The molecule has 7 heteroatoms. The maximum absolute atomic E-state index is 11.5. The number of carbonyl (C=O) groups is 2. The Labute approximate surface area is 121 Å². The van der Waals surface area contributed by atoms with Gasteiger partial charge in [-0.1, -0.05) is 12.2 Å². The summed E-state index contributed by atoms with van der Waals surface area (Å²) < 4.78 is 9.04. The second-order valence-corrected chi connectivity index (χ2v) is 4.08. The Morgan fingerprint density at radius 3 is 2.25 bits per heavy atom. The van der Waals surface area contributed by atoms with E-state index in [0.717, 1.165) is 6.08 Å². The zero-order valence-corrected chi connectivity index (χ0v) is 11.8. The summed E-state index contributed by atoms with van der Waals surface area (Å²) in [4.78, 5) is 23.0. The van der Waals surface area contributed by atoms with E-state index in [1.165, 1.54) is 14.2 Å². The molecule has 3 N–H and O–H groups in total. The van der Waals surface area contributed by atoms with Gasteiger partial charge in [0.05, 0.1) is 20.3 Å². The molecule has 0 unspecified atom stereocenters. The summed E-state index contributed by atoms with van der Waals surface area (Å²) in [6.45, 7) is 0. The Balaban J connectivity index is 2.95. The number of benzene rings is 1. The number of nitrogens with one attached hydrogen (secondary N) is 1. The number of carbonyl (C=O) groups excluding carboxylic acids is 2. The van der Waals surface area contributed by atoms with Gasteiger partial charge in [0.15, 0.2) is 0 Å². The number of esters is 2. The first-order valence-corrected chi connectivity index (χ1v) is 5.93. The van der Waals surface area contributed by atoms with Crippen molar-refractivity contribution in [1.82, 2.24) is 0 Å². The van der Waals surface area contributed by atoms with E-state index >= 15 is 0 Å². The zero-order valence-electron chi connectivity index (χ0n) is 11.0. The Bertz CT molecular complexity index is 552. The molecule has 0 amide bonds. The molecule has 0 aliphatic carbocycles. The standard InChI is InChI=1S/C13H14N2O4S/c1-18-11(16)7-10(13(17)19-2)15-9-5-3-8(4-6-9)12(14)20/h3-7,15H,1-2H3,(H2,14,20)/b10-7+. The van der Waals surface area contributed by atoms with Crippen LogP contribution in [0.15, 0.2) is 36.0 Å². The van der Waals surface area contributed by atoms with Crippen molar-refractivity contribution >= 4 is 34.8 Å². The number of thiocarbonyl (C=S) groups is 1. The average Bonchev–Trinajstić information content (AvgIpc) is 2.46. The second-order valence-electron chi connectivity index (χ2n) is 3.64. The highest BCUT2D eigenvalue weighted by Crippen LogP contribution is 2.13. The van der Waals surface area contributed by atoms with E-state index in [9.17, 15) is 9.59 Å². The van der Waals surface area contributed by atoms with Crippen LogP contribution in [-0.2, 0) is 19.1 Å². The monoisotopic (exact) mass is 294 g/mol. The van der Waals surface area contributed by atoms with Crippen LogP contribution in [0.3, 0.4) is 0 Å². The van der Waals surface area contributed by atoms with Crippen LogP contribution in [0.2, 0.25) is 0 Å². The van der Waals surface area contributed by atoms with Crippen LogP contribution in [0.25, 0.3) is 0 Å². The number of hydrogen-bond acceptors (Lipinski definition) is 6. The molecule has 1 aromatic rings. The molecule has 0 aliphatic heterocycles. The summed E-state index contributed by atoms with van der Waals surface area (Å²) >= 11 is 4.84. The second kappa shape index (κ2) is 7.25. The van der Waals surface area contributed by atoms with E-state index in [1.54, 1.807) is 24.3 Å². The molecule has 0 atom stereocenters. The maximum Gasteiger partial charge on any atom is 0.354 e. The van der Waals surface area contributed by atoms with Crippen LogP contribution in [0.5, 0.6) is 0 Å². The first kappa shape index (κ1) is 15.6. The normalized spacial score (nSPS) is 10.6. The van der Waals surface area contributed by atoms with Crippen molar-refractivity contribution in [2.75, 3.05) is 19.5 Å². The molecule has 0 aromatic heterocycles. The van der Waals surface area contributed by atoms with Crippen molar-refractivity contribution in [3.8, 4) is 0 Å². The molecule has 6 nitrogen and oxygen atoms in total. The molecule has 0 radical (unpaired) electrons. The molecule has 1 aromatic carbocycles. The van der Waals surface area contributed by atoms with E-state index in [1.807, 2.05) is 0 Å². The third kappa shape index (κ3) is 4.36. The number of ether oxygens (including phenoxy) is 2. The molecule has 0 spiro atoms. The van der Waals surface area contributed by atoms with Gasteiger partial charge in [0.1, 0.15) is 10.7 Å². The van der Waals surface area contributed by atoms with Gasteiger partial charge in [0.2, 0.25) is 0 Å². The van der Waals surface area contributed by atoms with Gasteiger partial charge in [-0.25, -0.2) is 9.59 Å². The molecule has 0 saturated carbocycles. The lowest BCUT2D eigenvalue weighted by Gasteiger charge is -2.09. The van der Waals surface area contributed by atoms with E-state index in [2.05, 4.69) is 14.8 Å². The molecule has 0 fully saturated rings. The average molecular weight is 294 g/mol. The Morgan fingerprint density at radius 2 is 1.80 bits per heavy atom. The third-order valence-corrected chi connectivity index (χ3v) is 2.55. The lowest BCUT2D eigenvalue weighted by molar-refractivity contribution is -0.138. The number of methoxy groups -OCH3 is 2. The van der Waals surface area contributed by atoms with E-state index in [4.69, 9.17) is 18.0 Å². The van der Waals surface area contributed by atoms with Crippen molar-refractivity contribution in [2.24, 2.45) is 5.73 Å². The largest absolute Gasteiger partial charge is 0.466 e. The van der Waals surface area contributed by atoms with Crippen LogP contribution in [0.1, 0.15) is 5.56 Å². The Hall–Kier alpha value is -2.41. The first-order valence-electron chi connectivity index (χ1n) is 5.52. The Morgan fingerprint density at radius 1 is 1.20 bits per heavy atom. The summed E-state index contributed by atoms with van der Waals surface area (Å²) in [6, 6.07) is 6.72. The predicted molar refractivity (Wildman–Crippen MR) is 78.1 cm³/mol. The topological polar surface area (TPSA) is 90.6 Å². The number of anilines is 1. The molecular weight excluding hydrogens is 280 g/mol. The number of rotatable bonds is 5. The molecule has 0 saturated heterocycles. The lowest BCUT2D eigenvalue weighted by Crippen LogP contribution is -2.15. The fourth-order valence-electron chi connectivity index (χ4n) is 1.31. The van der Waals surface area contributed by atoms with Crippen molar-refractivity contribution < 1.29 is 19.1 Å². The summed E-state index contributed by atoms with van der Waals surface area (Å²) in [5, 5.41) is 2.76. The van der Waals surface area contributed by atoms with Gasteiger partial charge in [-0.15, -0.1) is 0 Å². The number of nitrogens with two attached hydrogens (primary N) is 1. The van der Waals surface area contributed by atoms with Crippen LogP contribution >= 0.6 is 12.2 Å². The molecule has 20 heavy (non-hydrogen) atoms. The van der Waals surface area contributed by atoms with E-state index in [-0.39, 0.29) is 10.7 Å². The van der Waals surface area contributed by atoms with Gasteiger partial charge >= 0.3 is 11.9 Å². The fraction of sp³-hybridized carbons (Fsp3) is 0.154. The number of hydrogen-bond donors (Lipinski definition) is 2. The Kier molecular flexibility index (Phi) is 5.67. The van der Waals surface area contributed by atoms with E-state index in [0.29, 0.717) is 11.3 Å². The van der Waals surface area contributed by atoms with Crippen molar-refractivity contribution in [2.45, 2.75) is 0 Å². The van der Waals surface area contributed by atoms with Crippen LogP contribution < -0.4 is 11.1 Å². The SMILES string of the molecule is COC(=O)/C=C(/Nc1ccc(C(N)=S)cc1)C(=O)OC. The van der Waals surface area contributed by atoms with Gasteiger partial charge < -0.3 is 20.5 Å². The summed E-state index contributed by atoms with van der Waals surface area (Å²) in [5.74, 6) is -1.36. The summed E-state index contributed by atoms with van der Waals surface area (Å²) in [6.07, 6.45) is 1.01. The van der Waals surface area contributed by atoms with Crippen LogP contribution in [0.4, 0.5) is 5.69 Å². The molecule has 0 bridgehead atoms. The van der Waals surface area contributed by atoms with Crippen LogP contribution in [0, 0.1) is 0 Å². The van der Waals surface area contributed by atoms with Gasteiger partial charge in [-0.2, -0.15) is 0 Å². The van der Waals surface area contributed by atoms with Gasteiger partial charge in [0.25, 0.3) is 0 Å². The van der Waals surface area contributed by atoms with E-state index < -0.39 is 11.9 Å². The van der Waals surface area contributed by atoms with Crippen molar-refractivity contribution in [3.05, 3.63) is 41.6 Å². The van der Waals surface area contributed by atoms with Gasteiger partial charge in [0, 0.05) is 11.3 Å². The van der Waals surface area contributed by atoms with Crippen LogP contribution in [-0.4, -0.2) is 31.1 Å². The maximum atomic E-state index is 11.5. The third-order valence-electron chi connectivity index (χ3n) is 2.32. The summed E-state index contributed by atoms with van der Waals surface area (Å²) in [7, 11) is 2.43. The van der Waals surface area contributed by atoms with Gasteiger partial charge in [-0.05, 0) is 24.3 Å². The molecule has 0 aliphatic rings. The fourth-order valence-corrected chi connectivity index (χ4v) is 1.44. The highest BCUT2D eigenvalue weighted by atomic mass is 32.1. The van der Waals surface area contributed by atoms with Crippen molar-refractivity contribution in [3.63, 3.8) is 0 Å². The highest BCUT2D eigenvalue weighted by Gasteiger charge is 2.12. The van der Waals surface area contributed by atoms with Gasteiger partial charge in [-0.3, -0.25) is 0 Å². The quantitative estimate of drug-likeness (QED) is 0.475. The smallest absolute Gasteiger partial charge is 0.354 e. The summed E-state index contributed by atoms with van der Waals surface area (Å²) in [5.41, 5.74) is 6.71. The lowest BCUT2D eigenvalue weighted by atomic mass is 10.2.